The number of hydrogen-bond donors (Lipinski definition) is 1. The zero-order valence-corrected chi connectivity index (χ0v) is 16.3. The van der Waals surface area contributed by atoms with Gasteiger partial charge in [0, 0.05) is 23.9 Å². The van der Waals surface area contributed by atoms with Gasteiger partial charge >= 0.3 is 5.97 Å². The van der Waals surface area contributed by atoms with Gasteiger partial charge in [-0.3, -0.25) is 4.79 Å². The number of allylic oxidation sites excluding steroid dienone is 1. The Morgan fingerprint density at radius 3 is 2.89 bits per heavy atom. The molecule has 1 amide bonds. The summed E-state index contributed by atoms with van der Waals surface area (Å²) in [5, 5.41) is 3.95. The zero-order chi connectivity index (χ0) is 19.0. The zero-order valence-electron chi connectivity index (χ0n) is 15.5. The SMILES string of the molecule is COC(=O)C1=C(C)N=C2SCCCN2C1c1cccc(NC(=O)C2CC2)c1. The average molecular weight is 385 g/mol. The maximum absolute atomic E-state index is 12.5. The van der Waals surface area contributed by atoms with E-state index >= 15 is 0 Å². The number of anilines is 1. The summed E-state index contributed by atoms with van der Waals surface area (Å²) in [5.41, 5.74) is 2.98. The van der Waals surface area contributed by atoms with Gasteiger partial charge in [-0.15, -0.1) is 0 Å². The number of benzene rings is 1. The third-order valence-corrected chi connectivity index (χ3v) is 6.16. The van der Waals surface area contributed by atoms with Crippen LogP contribution in [0.15, 0.2) is 40.5 Å². The van der Waals surface area contributed by atoms with E-state index in [0.29, 0.717) is 11.3 Å². The summed E-state index contributed by atoms with van der Waals surface area (Å²) in [6.07, 6.45) is 2.96. The molecule has 3 aliphatic rings. The molecular weight excluding hydrogens is 362 g/mol. The van der Waals surface area contributed by atoms with Crippen molar-refractivity contribution in [3.63, 3.8) is 0 Å². The maximum atomic E-state index is 12.5. The molecule has 0 spiro atoms. The molecule has 4 rings (SSSR count). The maximum Gasteiger partial charge on any atom is 0.338 e. The summed E-state index contributed by atoms with van der Waals surface area (Å²) >= 11 is 1.72. The lowest BCUT2D eigenvalue weighted by Gasteiger charge is -2.40. The summed E-state index contributed by atoms with van der Waals surface area (Å²) in [5.74, 6) is 0.892. The van der Waals surface area contributed by atoms with E-state index in [1.807, 2.05) is 31.2 Å². The predicted molar refractivity (Wildman–Crippen MR) is 106 cm³/mol. The molecule has 1 unspecified atom stereocenters. The Morgan fingerprint density at radius 2 is 2.15 bits per heavy atom. The number of amidine groups is 1. The molecule has 1 atom stereocenters. The highest BCUT2D eigenvalue weighted by atomic mass is 32.2. The molecule has 2 heterocycles. The van der Waals surface area contributed by atoms with Gasteiger partial charge in [-0.05, 0) is 43.9 Å². The fourth-order valence-electron chi connectivity index (χ4n) is 3.56. The van der Waals surface area contributed by atoms with E-state index in [-0.39, 0.29) is 23.8 Å². The fourth-order valence-corrected chi connectivity index (χ4v) is 4.58. The molecule has 142 valence electrons. The van der Waals surface area contributed by atoms with E-state index in [2.05, 4.69) is 15.2 Å². The lowest BCUT2D eigenvalue weighted by molar-refractivity contribution is -0.137. The molecule has 0 bridgehead atoms. The standard InChI is InChI=1S/C20H23N3O3S/c1-12-16(19(25)26-2)17(23-9-4-10-27-20(23)21-12)14-5-3-6-15(11-14)22-18(24)13-7-8-13/h3,5-6,11,13,17H,4,7-10H2,1-2H3,(H,22,24). The third-order valence-electron chi connectivity index (χ3n) is 5.08. The van der Waals surface area contributed by atoms with Crippen LogP contribution in [0.4, 0.5) is 5.69 Å². The molecule has 0 aromatic heterocycles. The normalized spacial score (nSPS) is 22.1. The second-order valence-electron chi connectivity index (χ2n) is 7.07. The van der Waals surface area contributed by atoms with E-state index < -0.39 is 0 Å². The first kappa shape index (κ1) is 18.1. The number of carbonyl (C=O) groups is 2. The van der Waals surface area contributed by atoms with Crippen LogP contribution in [-0.4, -0.2) is 41.4 Å². The molecule has 6 nitrogen and oxygen atoms in total. The average Bonchev–Trinajstić information content (AvgIpc) is 3.52. The number of carbonyl (C=O) groups excluding carboxylic acids is 2. The van der Waals surface area contributed by atoms with Crippen LogP contribution in [0.5, 0.6) is 0 Å². The van der Waals surface area contributed by atoms with Crippen molar-refractivity contribution in [1.29, 1.82) is 0 Å². The first-order valence-electron chi connectivity index (χ1n) is 9.26. The summed E-state index contributed by atoms with van der Waals surface area (Å²) < 4.78 is 5.06. The molecule has 1 N–H and O–H groups in total. The van der Waals surface area contributed by atoms with Gasteiger partial charge in [0.05, 0.1) is 24.4 Å². The van der Waals surface area contributed by atoms with E-state index in [4.69, 9.17) is 4.74 Å². The number of aliphatic imine (C=N–C) groups is 1. The molecule has 27 heavy (non-hydrogen) atoms. The molecule has 2 fully saturated rings. The Hall–Kier alpha value is -2.28. The van der Waals surface area contributed by atoms with Gasteiger partial charge in [0.2, 0.25) is 5.91 Å². The Labute approximate surface area is 163 Å². The number of methoxy groups -OCH3 is 1. The number of fused-ring (bicyclic) bond motifs is 1. The van der Waals surface area contributed by atoms with Gasteiger partial charge in [-0.2, -0.15) is 0 Å². The summed E-state index contributed by atoms with van der Waals surface area (Å²) in [6, 6.07) is 7.51. The van der Waals surface area contributed by atoms with Crippen LogP contribution in [0.2, 0.25) is 0 Å². The third kappa shape index (κ3) is 3.60. The highest BCUT2D eigenvalue weighted by Gasteiger charge is 2.38. The number of thioether (sulfide) groups is 1. The van der Waals surface area contributed by atoms with Crippen molar-refractivity contribution in [2.24, 2.45) is 10.9 Å². The quantitative estimate of drug-likeness (QED) is 0.805. The van der Waals surface area contributed by atoms with Gasteiger partial charge in [0.15, 0.2) is 5.17 Å². The molecule has 1 aromatic carbocycles. The molecule has 1 saturated carbocycles. The number of esters is 1. The minimum Gasteiger partial charge on any atom is -0.466 e. The number of hydrogen-bond acceptors (Lipinski definition) is 6. The van der Waals surface area contributed by atoms with Crippen LogP contribution < -0.4 is 5.32 Å². The number of ether oxygens (including phenoxy) is 1. The largest absolute Gasteiger partial charge is 0.466 e. The van der Waals surface area contributed by atoms with Gasteiger partial charge in [0.25, 0.3) is 0 Å². The first-order valence-corrected chi connectivity index (χ1v) is 10.2. The van der Waals surface area contributed by atoms with Crippen molar-refractivity contribution >= 4 is 34.5 Å². The lowest BCUT2D eigenvalue weighted by Crippen LogP contribution is -2.42. The number of amides is 1. The predicted octanol–water partition coefficient (Wildman–Crippen LogP) is 3.33. The van der Waals surface area contributed by atoms with Gasteiger partial charge < -0.3 is 15.0 Å². The first-order chi connectivity index (χ1) is 13.1. The molecule has 1 saturated heterocycles. The molecule has 0 radical (unpaired) electrons. The minimum atomic E-state index is -0.358. The van der Waals surface area contributed by atoms with Crippen molar-refractivity contribution in [2.45, 2.75) is 32.2 Å². The molecule has 2 aliphatic heterocycles. The molecular formula is C20H23N3O3S. The smallest absolute Gasteiger partial charge is 0.338 e. The van der Waals surface area contributed by atoms with Crippen LogP contribution >= 0.6 is 11.8 Å². The van der Waals surface area contributed by atoms with Gasteiger partial charge in [0.1, 0.15) is 0 Å². The lowest BCUT2D eigenvalue weighted by atomic mass is 9.94. The second-order valence-corrected chi connectivity index (χ2v) is 8.13. The van der Waals surface area contributed by atoms with Crippen molar-refractivity contribution < 1.29 is 14.3 Å². The topological polar surface area (TPSA) is 71.0 Å². The number of nitrogens with zero attached hydrogens (tertiary/aromatic N) is 2. The fraction of sp³-hybridized carbons (Fsp3) is 0.450. The van der Waals surface area contributed by atoms with Crippen molar-refractivity contribution in [1.82, 2.24) is 4.90 Å². The van der Waals surface area contributed by atoms with E-state index in [9.17, 15) is 9.59 Å². The minimum absolute atomic E-state index is 0.0755. The Kier molecular flexibility index (Phi) is 4.95. The number of nitrogens with one attached hydrogen (secondary N) is 1. The van der Waals surface area contributed by atoms with Crippen molar-refractivity contribution in [3.8, 4) is 0 Å². The number of rotatable bonds is 4. The van der Waals surface area contributed by atoms with Crippen molar-refractivity contribution in [2.75, 3.05) is 24.7 Å². The van der Waals surface area contributed by atoms with Crippen LogP contribution in [-0.2, 0) is 14.3 Å². The van der Waals surface area contributed by atoms with Gasteiger partial charge in [-0.1, -0.05) is 23.9 Å². The van der Waals surface area contributed by atoms with Crippen LogP contribution in [0.3, 0.4) is 0 Å². The van der Waals surface area contributed by atoms with Crippen LogP contribution in [0.1, 0.15) is 37.8 Å². The monoisotopic (exact) mass is 385 g/mol. The Bertz CT molecular complexity index is 845. The second kappa shape index (κ2) is 7.38. The summed E-state index contributed by atoms with van der Waals surface area (Å²) in [7, 11) is 1.40. The summed E-state index contributed by atoms with van der Waals surface area (Å²) in [6.45, 7) is 2.69. The highest BCUT2D eigenvalue weighted by Crippen LogP contribution is 2.40. The van der Waals surface area contributed by atoms with Crippen LogP contribution in [0, 0.1) is 5.92 Å². The summed E-state index contributed by atoms with van der Waals surface area (Å²) in [4.78, 5) is 31.5. The van der Waals surface area contributed by atoms with E-state index in [1.165, 1.54) is 7.11 Å². The molecule has 1 aliphatic carbocycles. The van der Waals surface area contributed by atoms with Crippen molar-refractivity contribution in [3.05, 3.63) is 41.1 Å². The molecule has 7 heteroatoms. The van der Waals surface area contributed by atoms with Gasteiger partial charge in [-0.25, -0.2) is 9.79 Å². The van der Waals surface area contributed by atoms with Crippen LogP contribution in [0.25, 0.3) is 0 Å². The Balaban J connectivity index is 1.71. The highest BCUT2D eigenvalue weighted by molar-refractivity contribution is 8.13. The Morgan fingerprint density at radius 1 is 1.33 bits per heavy atom. The molecule has 1 aromatic rings. The van der Waals surface area contributed by atoms with E-state index in [0.717, 1.165) is 48.0 Å². The van der Waals surface area contributed by atoms with E-state index in [1.54, 1.807) is 11.8 Å².